The Balaban J connectivity index is 2.29. The molecular weight excluding hydrogens is 230 g/mol. The van der Waals surface area contributed by atoms with Crippen LogP contribution in [-0.2, 0) is 0 Å². The lowest BCUT2D eigenvalue weighted by atomic mass is 9.92. The van der Waals surface area contributed by atoms with Crippen molar-refractivity contribution in [1.82, 2.24) is 0 Å². The molecule has 1 N–H and O–H groups in total. The summed E-state index contributed by atoms with van der Waals surface area (Å²) in [7, 11) is 0. The number of thiophene rings is 1. The highest BCUT2D eigenvalue weighted by Crippen LogP contribution is 2.42. The van der Waals surface area contributed by atoms with Crippen molar-refractivity contribution in [3.63, 3.8) is 0 Å². The van der Waals surface area contributed by atoms with Crippen LogP contribution in [0.2, 0.25) is 0 Å². The van der Waals surface area contributed by atoms with Crippen LogP contribution >= 0.6 is 11.3 Å². The zero-order valence-electron chi connectivity index (χ0n) is 10.3. The molecule has 0 fully saturated rings. The third-order valence-electron chi connectivity index (χ3n) is 3.16. The van der Waals surface area contributed by atoms with Gasteiger partial charge in [-0.15, -0.1) is 11.3 Å². The van der Waals surface area contributed by atoms with Crippen LogP contribution in [-0.4, -0.2) is 11.3 Å². The van der Waals surface area contributed by atoms with Gasteiger partial charge in [-0.05, 0) is 32.4 Å². The Bertz CT molecular complexity index is 624. The number of nitrogens with one attached hydrogen (secondary N) is 1. The zero-order chi connectivity index (χ0) is 12.2. The summed E-state index contributed by atoms with van der Waals surface area (Å²) in [6, 6.07) is 6.37. The van der Waals surface area contributed by atoms with Crippen molar-refractivity contribution in [2.24, 2.45) is 0 Å². The van der Waals surface area contributed by atoms with Crippen molar-refractivity contribution in [2.45, 2.75) is 32.7 Å². The van der Waals surface area contributed by atoms with Gasteiger partial charge in [-0.25, -0.2) is 0 Å². The smallest absolute Gasteiger partial charge is 0.177 e. The van der Waals surface area contributed by atoms with Gasteiger partial charge < -0.3 is 5.32 Å². The Kier molecular flexibility index (Phi) is 2.11. The monoisotopic (exact) mass is 245 g/mol. The van der Waals surface area contributed by atoms with E-state index in [4.69, 9.17) is 0 Å². The van der Waals surface area contributed by atoms with Crippen molar-refractivity contribution in [1.29, 1.82) is 0 Å². The van der Waals surface area contributed by atoms with Crippen LogP contribution in [0.5, 0.6) is 0 Å². The minimum atomic E-state index is -0.136. The van der Waals surface area contributed by atoms with Crippen LogP contribution in [0.3, 0.4) is 0 Å². The maximum Gasteiger partial charge on any atom is 0.177 e. The van der Waals surface area contributed by atoms with Crippen molar-refractivity contribution in [3.05, 3.63) is 28.6 Å². The van der Waals surface area contributed by atoms with E-state index in [1.807, 2.05) is 0 Å². The van der Waals surface area contributed by atoms with Crippen LogP contribution < -0.4 is 5.32 Å². The predicted octanol–water partition coefficient (Wildman–Crippen LogP) is 3.99. The fourth-order valence-corrected chi connectivity index (χ4v) is 3.58. The van der Waals surface area contributed by atoms with E-state index in [1.165, 1.54) is 15.6 Å². The maximum absolute atomic E-state index is 12.1. The first-order chi connectivity index (χ1) is 7.96. The number of aryl methyl sites for hydroxylation is 1. The summed E-state index contributed by atoms with van der Waals surface area (Å²) < 4.78 is 1.20. The molecular formula is C14H15NOS. The topological polar surface area (TPSA) is 29.1 Å². The first-order valence-electron chi connectivity index (χ1n) is 5.81. The van der Waals surface area contributed by atoms with E-state index in [2.05, 4.69) is 44.3 Å². The number of carbonyl (C=O) groups is 1. The van der Waals surface area contributed by atoms with Crippen LogP contribution in [0.4, 0.5) is 5.69 Å². The molecule has 0 amide bonds. The first-order valence-corrected chi connectivity index (χ1v) is 6.62. The Labute approximate surface area is 105 Å². The third-order valence-corrected chi connectivity index (χ3v) is 4.36. The summed E-state index contributed by atoms with van der Waals surface area (Å²) in [6.07, 6.45) is 0.575. The molecule has 1 aromatic heterocycles. The molecule has 2 aromatic rings. The molecule has 0 saturated heterocycles. The van der Waals surface area contributed by atoms with Crippen molar-refractivity contribution >= 4 is 32.9 Å². The number of anilines is 1. The van der Waals surface area contributed by atoms with E-state index in [9.17, 15) is 4.79 Å². The van der Waals surface area contributed by atoms with E-state index in [0.717, 1.165) is 10.6 Å². The molecule has 88 valence electrons. The molecule has 3 rings (SSSR count). The van der Waals surface area contributed by atoms with Crippen molar-refractivity contribution < 1.29 is 4.79 Å². The highest BCUT2D eigenvalue weighted by atomic mass is 32.1. The molecule has 2 nitrogen and oxygen atoms in total. The lowest BCUT2D eigenvalue weighted by Gasteiger charge is -2.31. The van der Waals surface area contributed by atoms with Crippen LogP contribution in [0.15, 0.2) is 18.2 Å². The van der Waals surface area contributed by atoms with Crippen molar-refractivity contribution in [3.8, 4) is 0 Å². The summed E-state index contributed by atoms with van der Waals surface area (Å²) in [4.78, 5) is 13.0. The quantitative estimate of drug-likeness (QED) is 0.760. The number of benzene rings is 1. The van der Waals surface area contributed by atoms with Crippen LogP contribution in [0, 0.1) is 6.92 Å². The normalized spacial score (nSPS) is 17.9. The highest BCUT2D eigenvalue weighted by Gasteiger charge is 2.32. The Morgan fingerprint density at radius 1 is 1.35 bits per heavy atom. The molecule has 0 atom stereocenters. The minimum absolute atomic E-state index is 0.136. The molecule has 2 heterocycles. The second kappa shape index (κ2) is 3.33. The molecule has 17 heavy (non-hydrogen) atoms. The molecule has 1 aromatic carbocycles. The van der Waals surface area contributed by atoms with E-state index in [0.29, 0.717) is 6.42 Å². The van der Waals surface area contributed by atoms with Gasteiger partial charge in [0.2, 0.25) is 0 Å². The maximum atomic E-state index is 12.1. The average molecular weight is 245 g/mol. The first kappa shape index (κ1) is 10.8. The number of fused-ring (bicyclic) bond motifs is 3. The van der Waals surface area contributed by atoms with Crippen LogP contribution in [0.25, 0.3) is 10.1 Å². The van der Waals surface area contributed by atoms with Gasteiger partial charge in [-0.1, -0.05) is 12.1 Å². The second-order valence-electron chi connectivity index (χ2n) is 5.41. The van der Waals surface area contributed by atoms with Crippen LogP contribution in [0.1, 0.15) is 35.5 Å². The van der Waals surface area contributed by atoms with Gasteiger partial charge in [0.25, 0.3) is 0 Å². The number of rotatable bonds is 0. The molecule has 0 unspecified atom stereocenters. The number of hydrogen-bond acceptors (Lipinski definition) is 3. The van der Waals surface area contributed by atoms with Gasteiger partial charge in [0.15, 0.2) is 5.78 Å². The predicted molar refractivity (Wildman–Crippen MR) is 73.2 cm³/mol. The zero-order valence-corrected chi connectivity index (χ0v) is 11.1. The summed E-state index contributed by atoms with van der Waals surface area (Å²) >= 11 is 1.61. The van der Waals surface area contributed by atoms with E-state index in [-0.39, 0.29) is 11.3 Å². The Morgan fingerprint density at radius 3 is 2.88 bits per heavy atom. The molecule has 1 aliphatic heterocycles. The molecule has 0 radical (unpaired) electrons. The van der Waals surface area contributed by atoms with Crippen molar-refractivity contribution in [2.75, 3.05) is 5.32 Å². The van der Waals surface area contributed by atoms with E-state index in [1.54, 1.807) is 11.3 Å². The fourth-order valence-electron chi connectivity index (χ4n) is 2.39. The molecule has 1 aliphatic rings. The van der Waals surface area contributed by atoms with Gasteiger partial charge in [0, 0.05) is 22.0 Å². The Morgan fingerprint density at radius 2 is 2.12 bits per heavy atom. The molecule has 0 aliphatic carbocycles. The SMILES string of the molecule is Cc1ccc2c3c(sc2c1)C(=O)CC(C)(C)N3. The molecule has 0 saturated carbocycles. The number of hydrogen-bond donors (Lipinski definition) is 1. The fraction of sp³-hybridized carbons (Fsp3) is 0.357. The highest BCUT2D eigenvalue weighted by molar-refractivity contribution is 7.21. The van der Waals surface area contributed by atoms with Gasteiger partial charge >= 0.3 is 0 Å². The lowest BCUT2D eigenvalue weighted by molar-refractivity contribution is 0.0963. The lowest BCUT2D eigenvalue weighted by Crippen LogP contribution is -2.37. The number of carbonyl (C=O) groups excluding carboxylic acids is 1. The number of Topliss-reactive ketones (excluding diaryl/α,β-unsaturated/α-hetero) is 1. The summed E-state index contributed by atoms with van der Waals surface area (Å²) in [5.74, 6) is 0.266. The standard InChI is InChI=1S/C14H15NOS/c1-8-4-5-9-11(6-8)17-13-10(16)7-14(2,3)15-12(9)13/h4-6,15H,7H2,1-3H3. The summed E-state index contributed by atoms with van der Waals surface area (Å²) in [6.45, 7) is 6.23. The molecule has 3 heteroatoms. The van der Waals surface area contributed by atoms with Gasteiger partial charge in [0.1, 0.15) is 0 Å². The molecule has 0 spiro atoms. The second-order valence-corrected chi connectivity index (χ2v) is 6.47. The number of ketones is 1. The van der Waals surface area contributed by atoms with Gasteiger partial charge in [-0.2, -0.15) is 0 Å². The van der Waals surface area contributed by atoms with Gasteiger partial charge in [0.05, 0.1) is 10.6 Å². The van der Waals surface area contributed by atoms with E-state index < -0.39 is 0 Å². The Hall–Kier alpha value is -1.35. The summed E-state index contributed by atoms with van der Waals surface area (Å²) in [5.41, 5.74) is 2.14. The average Bonchev–Trinajstić information content (AvgIpc) is 2.54. The third kappa shape index (κ3) is 1.65. The molecule has 0 bridgehead atoms. The minimum Gasteiger partial charge on any atom is -0.378 e. The van der Waals surface area contributed by atoms with Gasteiger partial charge in [-0.3, -0.25) is 4.79 Å². The van der Waals surface area contributed by atoms with E-state index >= 15 is 0 Å². The largest absolute Gasteiger partial charge is 0.378 e. The summed E-state index contributed by atoms with van der Waals surface area (Å²) in [5, 5.41) is 4.68.